The van der Waals surface area contributed by atoms with Crippen molar-refractivity contribution in [2.24, 2.45) is 5.92 Å². The molecule has 1 aliphatic rings. The Morgan fingerprint density at radius 1 is 1.17 bits per heavy atom. The van der Waals surface area contributed by atoms with Crippen molar-refractivity contribution in [1.82, 2.24) is 0 Å². The molecule has 0 bridgehead atoms. The minimum Gasteiger partial charge on any atom is -0.262 e. The molecule has 100 valence electrons. The average Bonchev–Trinajstić information content (AvgIpc) is 2.52. The Hall–Kier alpha value is -0.920. The molecule has 0 N–H and O–H groups in total. The van der Waals surface area contributed by atoms with Crippen molar-refractivity contribution in [2.45, 2.75) is 17.9 Å². The van der Waals surface area contributed by atoms with Crippen molar-refractivity contribution in [3.05, 3.63) is 30.3 Å². The van der Waals surface area contributed by atoms with E-state index in [2.05, 4.69) is 0 Å². The first-order chi connectivity index (χ1) is 8.30. The minimum absolute atomic E-state index is 0.0258. The highest BCUT2D eigenvalue weighted by Crippen LogP contribution is 2.25. The molecule has 0 spiro atoms. The molecule has 0 aromatic heterocycles. The van der Waals surface area contributed by atoms with Gasteiger partial charge in [0.15, 0.2) is 9.84 Å². The lowest BCUT2D eigenvalue weighted by atomic mass is 10.1. The highest BCUT2D eigenvalue weighted by Gasteiger charge is 2.38. The molecule has 18 heavy (non-hydrogen) atoms. The molecule has 2 unspecified atom stereocenters. The van der Waals surface area contributed by atoms with E-state index in [0.29, 0.717) is 0 Å². The Labute approximate surface area is 107 Å². The van der Waals surface area contributed by atoms with Crippen LogP contribution in [0.2, 0.25) is 0 Å². The molecule has 1 fully saturated rings. The molecule has 1 aromatic rings. The monoisotopic (exact) mass is 290 g/mol. The van der Waals surface area contributed by atoms with Crippen LogP contribution in [0.25, 0.3) is 0 Å². The predicted octanol–water partition coefficient (Wildman–Crippen LogP) is 0.825. The molecule has 2 atom stereocenters. The first kappa shape index (κ1) is 13.5. The third-order valence-electron chi connectivity index (χ3n) is 2.85. The second-order valence-corrected chi connectivity index (χ2v) is 8.18. The first-order valence-electron chi connectivity index (χ1n) is 5.49. The van der Waals surface area contributed by atoms with Gasteiger partial charge in [-0.05, 0) is 18.1 Å². The summed E-state index contributed by atoms with van der Waals surface area (Å²) in [6.45, 7) is 1.68. The summed E-state index contributed by atoms with van der Waals surface area (Å²) in [4.78, 5) is 0.0431. The Morgan fingerprint density at radius 2 is 1.78 bits per heavy atom. The van der Waals surface area contributed by atoms with E-state index < -0.39 is 26.1 Å². The quantitative estimate of drug-likeness (QED) is 0.770. The molecule has 0 radical (unpaired) electrons. The molecule has 1 heterocycles. The molecule has 5 nitrogen and oxygen atoms in total. The van der Waals surface area contributed by atoms with Gasteiger partial charge >= 0.3 is 0 Å². The summed E-state index contributed by atoms with van der Waals surface area (Å²) in [5, 5.41) is 0. The smallest absolute Gasteiger partial charge is 0.262 e. The van der Waals surface area contributed by atoms with E-state index in [0.717, 1.165) is 0 Å². The van der Waals surface area contributed by atoms with Crippen molar-refractivity contribution >= 4 is 20.0 Å². The fourth-order valence-electron chi connectivity index (χ4n) is 1.92. The highest BCUT2D eigenvalue weighted by atomic mass is 32.2. The van der Waals surface area contributed by atoms with Crippen LogP contribution in [0.3, 0.4) is 0 Å². The number of rotatable bonds is 3. The topological polar surface area (TPSA) is 77.5 Å². The number of hydrogen-bond donors (Lipinski definition) is 0. The van der Waals surface area contributed by atoms with E-state index in [-0.39, 0.29) is 22.3 Å². The summed E-state index contributed by atoms with van der Waals surface area (Å²) in [5.74, 6) is -0.573. The SMILES string of the molecule is CC1CS(=O)(=O)CC1OS(=O)(=O)c1ccccc1. The van der Waals surface area contributed by atoms with Crippen LogP contribution in [0.15, 0.2) is 35.2 Å². The molecule has 1 aliphatic heterocycles. The molecule has 1 aromatic carbocycles. The highest BCUT2D eigenvalue weighted by molar-refractivity contribution is 7.91. The van der Waals surface area contributed by atoms with Crippen LogP contribution < -0.4 is 0 Å². The summed E-state index contributed by atoms with van der Waals surface area (Å²) >= 11 is 0. The van der Waals surface area contributed by atoms with Gasteiger partial charge in [0, 0.05) is 0 Å². The minimum atomic E-state index is -3.89. The molecule has 1 saturated heterocycles. The Kier molecular flexibility index (Phi) is 3.48. The van der Waals surface area contributed by atoms with Crippen molar-refractivity contribution in [1.29, 1.82) is 0 Å². The van der Waals surface area contributed by atoms with E-state index in [1.54, 1.807) is 25.1 Å². The normalized spacial score (nSPS) is 27.2. The molecule has 0 amide bonds. The summed E-state index contributed by atoms with van der Waals surface area (Å²) < 4.78 is 51.7. The number of hydrogen-bond acceptors (Lipinski definition) is 5. The summed E-state index contributed by atoms with van der Waals surface area (Å²) in [6.07, 6.45) is -0.791. The van der Waals surface area contributed by atoms with Gasteiger partial charge in [0.05, 0.1) is 22.5 Å². The average molecular weight is 290 g/mol. The van der Waals surface area contributed by atoms with E-state index in [9.17, 15) is 16.8 Å². The van der Waals surface area contributed by atoms with Crippen LogP contribution in [0.4, 0.5) is 0 Å². The molecule has 0 aliphatic carbocycles. The van der Waals surface area contributed by atoms with Crippen molar-refractivity contribution in [3.8, 4) is 0 Å². The summed E-state index contributed by atoms with van der Waals surface area (Å²) in [6, 6.07) is 7.71. The fourth-order valence-corrected chi connectivity index (χ4v) is 5.24. The van der Waals surface area contributed by atoms with Gasteiger partial charge < -0.3 is 0 Å². The fraction of sp³-hybridized carbons (Fsp3) is 0.455. The van der Waals surface area contributed by atoms with Crippen LogP contribution >= 0.6 is 0 Å². The van der Waals surface area contributed by atoms with Gasteiger partial charge in [-0.1, -0.05) is 25.1 Å². The molecular formula is C11H14O5S2. The van der Waals surface area contributed by atoms with Crippen LogP contribution in [0.5, 0.6) is 0 Å². The number of sulfone groups is 1. The first-order valence-corrected chi connectivity index (χ1v) is 8.72. The van der Waals surface area contributed by atoms with Gasteiger partial charge in [-0.15, -0.1) is 0 Å². The maximum Gasteiger partial charge on any atom is 0.297 e. The van der Waals surface area contributed by atoms with E-state index >= 15 is 0 Å². The Morgan fingerprint density at radius 3 is 2.28 bits per heavy atom. The van der Waals surface area contributed by atoms with Crippen molar-refractivity contribution in [2.75, 3.05) is 11.5 Å². The summed E-state index contributed by atoms with van der Waals surface area (Å²) in [7, 11) is -7.08. The zero-order valence-corrected chi connectivity index (χ0v) is 11.4. The maximum absolute atomic E-state index is 11.9. The number of benzene rings is 1. The van der Waals surface area contributed by atoms with Crippen LogP contribution in [0, 0.1) is 5.92 Å². The molecule has 2 rings (SSSR count). The summed E-state index contributed by atoms with van der Waals surface area (Å²) in [5.41, 5.74) is 0. The van der Waals surface area contributed by atoms with Crippen LogP contribution in [-0.4, -0.2) is 34.4 Å². The van der Waals surface area contributed by atoms with Gasteiger partial charge in [-0.2, -0.15) is 8.42 Å². The second kappa shape index (κ2) is 4.64. The maximum atomic E-state index is 11.9. The molecular weight excluding hydrogens is 276 g/mol. The van der Waals surface area contributed by atoms with Gasteiger partial charge in [0.2, 0.25) is 0 Å². The zero-order chi connectivity index (χ0) is 13.4. The largest absolute Gasteiger partial charge is 0.297 e. The molecule has 0 saturated carbocycles. The van der Waals surface area contributed by atoms with Crippen molar-refractivity contribution < 1.29 is 21.0 Å². The zero-order valence-electron chi connectivity index (χ0n) is 9.81. The lowest BCUT2D eigenvalue weighted by molar-refractivity contribution is 0.192. The van der Waals surface area contributed by atoms with E-state index in [1.807, 2.05) is 0 Å². The third-order valence-corrected chi connectivity index (χ3v) is 6.07. The van der Waals surface area contributed by atoms with Crippen LogP contribution in [-0.2, 0) is 24.1 Å². The van der Waals surface area contributed by atoms with Gasteiger partial charge in [-0.25, -0.2) is 8.42 Å². The van der Waals surface area contributed by atoms with Gasteiger partial charge in [0.1, 0.15) is 0 Å². The standard InChI is InChI=1S/C11H14O5S2/c1-9-7-17(12,13)8-11(9)16-18(14,15)10-5-3-2-4-6-10/h2-6,9,11H,7-8H2,1H3. The third kappa shape index (κ3) is 2.90. The Balaban J connectivity index is 2.20. The lowest BCUT2D eigenvalue weighted by Gasteiger charge is -2.14. The van der Waals surface area contributed by atoms with Crippen molar-refractivity contribution in [3.63, 3.8) is 0 Å². The van der Waals surface area contributed by atoms with E-state index in [1.165, 1.54) is 12.1 Å². The van der Waals surface area contributed by atoms with Crippen LogP contribution in [0.1, 0.15) is 6.92 Å². The lowest BCUT2D eigenvalue weighted by Crippen LogP contribution is -2.24. The Bertz CT molecular complexity index is 619. The second-order valence-electron chi connectivity index (χ2n) is 4.46. The predicted molar refractivity (Wildman–Crippen MR) is 66.3 cm³/mol. The van der Waals surface area contributed by atoms with E-state index in [4.69, 9.17) is 4.18 Å². The van der Waals surface area contributed by atoms with Gasteiger partial charge in [-0.3, -0.25) is 4.18 Å². The molecule has 7 heteroatoms. The van der Waals surface area contributed by atoms with Gasteiger partial charge in [0.25, 0.3) is 10.1 Å².